The highest BCUT2D eigenvalue weighted by atomic mass is 19.1. The van der Waals surface area contributed by atoms with Gasteiger partial charge in [0.15, 0.2) is 0 Å². The number of rotatable bonds is 7. The van der Waals surface area contributed by atoms with Gasteiger partial charge in [0.1, 0.15) is 12.4 Å². The van der Waals surface area contributed by atoms with Gasteiger partial charge >= 0.3 is 5.97 Å². The van der Waals surface area contributed by atoms with E-state index in [0.717, 1.165) is 25.1 Å². The molecule has 27 heavy (non-hydrogen) atoms. The van der Waals surface area contributed by atoms with Gasteiger partial charge in [0, 0.05) is 30.8 Å². The summed E-state index contributed by atoms with van der Waals surface area (Å²) < 4.78 is 15.0. The molecule has 1 fully saturated rings. The van der Waals surface area contributed by atoms with Crippen LogP contribution in [0.2, 0.25) is 0 Å². The van der Waals surface area contributed by atoms with Crippen LogP contribution in [0.5, 0.6) is 0 Å². The van der Waals surface area contributed by atoms with E-state index in [4.69, 9.17) is 5.11 Å². The minimum atomic E-state index is -0.929. The van der Waals surface area contributed by atoms with E-state index in [-0.39, 0.29) is 37.3 Å². The summed E-state index contributed by atoms with van der Waals surface area (Å²) in [4.78, 5) is 25.0. The van der Waals surface area contributed by atoms with Gasteiger partial charge in [-0.25, -0.2) is 4.39 Å². The molecule has 2 N–H and O–H groups in total. The fraction of sp³-hybridized carbons (Fsp3) is 0.421. The third-order valence-corrected chi connectivity index (χ3v) is 4.68. The van der Waals surface area contributed by atoms with Crippen molar-refractivity contribution in [2.45, 2.75) is 31.8 Å². The van der Waals surface area contributed by atoms with Crippen LogP contribution in [0.25, 0.3) is 0 Å². The Labute approximate surface area is 156 Å². The molecule has 1 aromatic heterocycles. The molecule has 1 aliphatic rings. The van der Waals surface area contributed by atoms with Crippen molar-refractivity contribution in [2.75, 3.05) is 19.6 Å². The number of hydrogen-bond donors (Lipinski definition) is 2. The van der Waals surface area contributed by atoms with Crippen molar-refractivity contribution < 1.29 is 19.1 Å². The Bertz CT molecular complexity index is 808. The second-order valence-electron chi connectivity index (χ2n) is 6.77. The smallest absolute Gasteiger partial charge is 0.325 e. The minimum absolute atomic E-state index is 0.143. The number of benzene rings is 1. The van der Waals surface area contributed by atoms with Crippen molar-refractivity contribution in [3.05, 3.63) is 53.6 Å². The molecule has 0 spiro atoms. The van der Waals surface area contributed by atoms with Gasteiger partial charge in [0.2, 0.25) is 5.91 Å². The number of carbonyl (C=O) groups is 2. The minimum Gasteiger partial charge on any atom is -0.480 e. The summed E-state index contributed by atoms with van der Waals surface area (Å²) >= 11 is 0. The lowest BCUT2D eigenvalue weighted by molar-refractivity contribution is -0.137. The predicted octanol–water partition coefficient (Wildman–Crippen LogP) is 1.60. The van der Waals surface area contributed by atoms with Gasteiger partial charge in [-0.3, -0.25) is 19.2 Å². The molecule has 0 aliphatic carbocycles. The van der Waals surface area contributed by atoms with Crippen molar-refractivity contribution in [3.63, 3.8) is 0 Å². The maximum atomic E-state index is 13.6. The second kappa shape index (κ2) is 8.77. The van der Waals surface area contributed by atoms with E-state index in [1.807, 2.05) is 6.07 Å². The molecule has 1 aliphatic heterocycles. The molecule has 8 heteroatoms. The van der Waals surface area contributed by atoms with Crippen LogP contribution < -0.4 is 5.32 Å². The third-order valence-electron chi connectivity index (χ3n) is 4.68. The molecule has 2 heterocycles. The van der Waals surface area contributed by atoms with Crippen molar-refractivity contribution in [3.8, 4) is 0 Å². The molecule has 0 radical (unpaired) electrons. The average Bonchev–Trinajstić information content (AvgIpc) is 3.09. The van der Waals surface area contributed by atoms with Crippen LogP contribution in [0, 0.1) is 5.82 Å². The Morgan fingerprint density at radius 3 is 2.85 bits per heavy atom. The number of aliphatic carboxylic acids is 1. The molecule has 1 saturated heterocycles. The molecule has 3 rings (SSSR count). The monoisotopic (exact) mass is 374 g/mol. The highest BCUT2D eigenvalue weighted by Crippen LogP contribution is 2.25. The molecule has 144 valence electrons. The summed E-state index contributed by atoms with van der Waals surface area (Å²) in [6.07, 6.45) is 3.57. The van der Waals surface area contributed by atoms with Crippen LogP contribution in [0.15, 0.2) is 36.5 Å². The highest BCUT2D eigenvalue weighted by molar-refractivity contribution is 5.78. The first kappa shape index (κ1) is 19.0. The normalized spacial score (nSPS) is 17.6. The largest absolute Gasteiger partial charge is 0.480 e. The molecule has 1 atom stereocenters. The van der Waals surface area contributed by atoms with E-state index >= 15 is 0 Å². The van der Waals surface area contributed by atoms with Gasteiger partial charge in [-0.15, -0.1) is 0 Å². The number of aromatic nitrogens is 2. The zero-order valence-corrected chi connectivity index (χ0v) is 15.0. The molecule has 0 bridgehead atoms. The van der Waals surface area contributed by atoms with Gasteiger partial charge in [0.05, 0.1) is 12.2 Å². The predicted molar refractivity (Wildman–Crippen MR) is 96.5 cm³/mol. The molecular weight excluding hydrogens is 351 g/mol. The Balaban J connectivity index is 1.50. The number of halogens is 1. The molecule has 7 nitrogen and oxygen atoms in total. The molecular formula is C19H23FN4O3. The summed E-state index contributed by atoms with van der Waals surface area (Å²) in [5, 5.41) is 15.9. The molecule has 2 aromatic rings. The zero-order chi connectivity index (χ0) is 19.2. The quantitative estimate of drug-likeness (QED) is 0.769. The molecule has 0 saturated carbocycles. The first-order valence-electron chi connectivity index (χ1n) is 8.99. The zero-order valence-electron chi connectivity index (χ0n) is 15.0. The molecule has 1 aromatic carbocycles. The number of nitrogens with one attached hydrogen (secondary N) is 1. The number of nitrogens with zero attached hydrogens (tertiary/aromatic N) is 3. The topological polar surface area (TPSA) is 87.5 Å². The van der Waals surface area contributed by atoms with Crippen molar-refractivity contribution in [2.24, 2.45) is 0 Å². The van der Waals surface area contributed by atoms with Crippen molar-refractivity contribution in [1.82, 2.24) is 20.0 Å². The SMILES string of the molecule is O=C(O)Cn1ccc([C@H]2CCCN(CC(=O)NCc3ccccc3F)C2)n1. The maximum Gasteiger partial charge on any atom is 0.325 e. The van der Waals surface area contributed by atoms with Crippen LogP contribution >= 0.6 is 0 Å². The fourth-order valence-corrected chi connectivity index (χ4v) is 3.36. The number of carbonyl (C=O) groups excluding carboxylic acids is 1. The lowest BCUT2D eigenvalue weighted by atomic mass is 9.95. The van der Waals surface area contributed by atoms with Crippen molar-refractivity contribution >= 4 is 11.9 Å². The van der Waals surface area contributed by atoms with E-state index < -0.39 is 5.97 Å². The first-order chi connectivity index (χ1) is 13.0. The van der Waals surface area contributed by atoms with Crippen LogP contribution in [0.3, 0.4) is 0 Å². The Morgan fingerprint density at radius 2 is 2.07 bits per heavy atom. The first-order valence-corrected chi connectivity index (χ1v) is 8.99. The van der Waals surface area contributed by atoms with Crippen LogP contribution in [-0.2, 0) is 22.7 Å². The van der Waals surface area contributed by atoms with Gasteiger partial charge in [-0.05, 0) is 31.5 Å². The number of carboxylic acid groups (broad SMARTS) is 1. The van der Waals surface area contributed by atoms with Gasteiger partial charge in [-0.1, -0.05) is 18.2 Å². The number of carboxylic acids is 1. The average molecular weight is 374 g/mol. The Hall–Kier alpha value is -2.74. The van der Waals surface area contributed by atoms with E-state index in [9.17, 15) is 14.0 Å². The number of hydrogen-bond acceptors (Lipinski definition) is 4. The van der Waals surface area contributed by atoms with E-state index in [1.54, 1.807) is 24.4 Å². The lowest BCUT2D eigenvalue weighted by Crippen LogP contribution is -2.42. The summed E-state index contributed by atoms with van der Waals surface area (Å²) in [6.45, 7) is 1.77. The van der Waals surface area contributed by atoms with Crippen LogP contribution in [-0.4, -0.2) is 51.3 Å². The second-order valence-corrected chi connectivity index (χ2v) is 6.77. The summed E-state index contributed by atoms with van der Waals surface area (Å²) in [7, 11) is 0. The number of likely N-dealkylation sites (tertiary alicyclic amines) is 1. The summed E-state index contributed by atoms with van der Waals surface area (Å²) in [5.74, 6) is -1.22. The van der Waals surface area contributed by atoms with Gasteiger partial charge < -0.3 is 10.4 Å². The van der Waals surface area contributed by atoms with E-state index in [1.165, 1.54) is 10.7 Å². The Kier molecular flexibility index (Phi) is 6.18. The van der Waals surface area contributed by atoms with Crippen LogP contribution in [0.4, 0.5) is 4.39 Å². The summed E-state index contributed by atoms with van der Waals surface area (Å²) in [5.41, 5.74) is 1.32. The van der Waals surface area contributed by atoms with E-state index in [0.29, 0.717) is 12.1 Å². The summed E-state index contributed by atoms with van der Waals surface area (Å²) in [6, 6.07) is 8.23. The number of piperidine rings is 1. The highest BCUT2D eigenvalue weighted by Gasteiger charge is 2.24. The standard InChI is InChI=1S/C19H23FN4O3/c20-16-6-2-1-4-14(16)10-21-18(25)12-23-8-3-5-15(11-23)17-7-9-24(22-17)13-19(26)27/h1-2,4,6-7,9,15H,3,5,8,10-13H2,(H,21,25)(H,26,27)/t15-/m0/s1. The Morgan fingerprint density at radius 1 is 1.26 bits per heavy atom. The van der Waals surface area contributed by atoms with Crippen LogP contribution in [0.1, 0.15) is 30.0 Å². The van der Waals surface area contributed by atoms with E-state index in [2.05, 4.69) is 15.3 Å². The van der Waals surface area contributed by atoms with Crippen molar-refractivity contribution in [1.29, 1.82) is 0 Å². The van der Waals surface area contributed by atoms with Gasteiger partial charge in [-0.2, -0.15) is 5.10 Å². The van der Waals surface area contributed by atoms with Gasteiger partial charge in [0.25, 0.3) is 0 Å². The third kappa shape index (κ3) is 5.37. The lowest BCUT2D eigenvalue weighted by Gasteiger charge is -2.31. The maximum absolute atomic E-state index is 13.6. The fourth-order valence-electron chi connectivity index (χ4n) is 3.36. The molecule has 0 unspecified atom stereocenters. The molecule has 1 amide bonds. The number of amides is 1.